The number of pyridine rings is 1. The van der Waals surface area contributed by atoms with Crippen molar-refractivity contribution in [2.24, 2.45) is 0 Å². The first-order valence-corrected chi connectivity index (χ1v) is 15.3. The summed E-state index contributed by atoms with van der Waals surface area (Å²) in [6.07, 6.45) is 14.0. The van der Waals surface area contributed by atoms with Gasteiger partial charge in [-0.2, -0.15) is 0 Å². The molecule has 3 heteroatoms. The second-order valence-corrected chi connectivity index (χ2v) is 10.5. The topological polar surface area (TPSA) is 12.9 Å². The van der Waals surface area contributed by atoms with E-state index in [-0.39, 0.29) is 27.5 Å². The number of hydrogen-bond acceptors (Lipinski definition) is 1. The molecule has 0 bridgehead atoms. The number of hydrogen-bond donors (Lipinski definition) is 0. The molecule has 0 saturated carbocycles. The standard InChI is InChI=1S/C38H38N.CH3Cl.CH3.Ir/c1-3-4-5-6-7-9-12-30-15-17-31(18-16-30)32-19-21-33(22-20-32)35-23-24-37(29(2)27-35)36-25-26-39-38(28-36)34-13-10-8-11-14-34;1-2;;/h8,10-11,13,15-28H,3-7,9,12H2,1-2H3;2H,1H2;1H3;/q-1;;+1;. The minimum absolute atomic E-state index is 0. The van der Waals surface area contributed by atoms with Crippen LogP contribution in [0, 0.1) is 38.4 Å². The zero-order valence-electron chi connectivity index (χ0n) is 25.7. The summed E-state index contributed by atoms with van der Waals surface area (Å²) < 4.78 is 0. The molecule has 5 aromatic rings. The maximum absolute atomic E-state index is 4.56. The van der Waals surface area contributed by atoms with Gasteiger partial charge in [-0.05, 0) is 76.0 Å². The average Bonchev–Trinajstić information content (AvgIpc) is 3.04. The van der Waals surface area contributed by atoms with Crippen molar-refractivity contribution in [1.29, 1.82) is 0 Å². The zero-order valence-corrected chi connectivity index (χ0v) is 28.9. The van der Waals surface area contributed by atoms with Crippen LogP contribution in [-0.4, -0.2) is 4.98 Å². The third-order valence-electron chi connectivity index (χ3n) is 7.61. The van der Waals surface area contributed by atoms with E-state index in [4.69, 9.17) is 0 Å². The van der Waals surface area contributed by atoms with Crippen molar-refractivity contribution in [1.82, 2.24) is 4.98 Å². The molecule has 43 heavy (non-hydrogen) atoms. The first-order chi connectivity index (χ1) is 20.2. The molecule has 1 radical (unpaired) electrons. The SMILES string of the molecule is CCCCCCCCc1ccc(-c2ccc(-c3ccc(-c4ccnc(-c5[c-]cccc5)c4)c(C)c3)cc2)cc1.[CH2-][ClH+].[CH3+].[Ir]. The Labute approximate surface area is 279 Å². The van der Waals surface area contributed by atoms with Gasteiger partial charge < -0.3 is 4.98 Å². The molecule has 0 atom stereocenters. The second kappa shape index (κ2) is 19.2. The predicted octanol–water partition coefficient (Wildman–Crippen LogP) is 11.3. The van der Waals surface area contributed by atoms with Crippen molar-refractivity contribution >= 4 is 0 Å². The van der Waals surface area contributed by atoms with Crippen molar-refractivity contribution in [2.75, 3.05) is 0 Å². The smallest absolute Gasteiger partial charge is 0.0467 e. The molecule has 0 aliphatic heterocycles. The second-order valence-electron chi connectivity index (χ2n) is 10.5. The minimum Gasteiger partial charge on any atom is -0.305 e. The summed E-state index contributed by atoms with van der Waals surface area (Å²) in [5.41, 5.74) is 12.1. The Bertz CT molecular complexity index is 1480. The molecule has 0 N–H and O–H groups in total. The molecule has 0 unspecified atom stereocenters. The van der Waals surface area contributed by atoms with Crippen molar-refractivity contribution < 1.29 is 31.7 Å². The normalized spacial score (nSPS) is 10.1. The van der Waals surface area contributed by atoms with Crippen LogP contribution in [0.15, 0.2) is 109 Å². The van der Waals surface area contributed by atoms with E-state index in [0.29, 0.717) is 0 Å². The summed E-state index contributed by atoms with van der Waals surface area (Å²) >= 11 is 3.83. The fourth-order valence-corrected chi connectivity index (χ4v) is 5.29. The van der Waals surface area contributed by atoms with Crippen molar-refractivity contribution in [3.63, 3.8) is 0 Å². The van der Waals surface area contributed by atoms with Crippen molar-refractivity contribution in [3.8, 4) is 44.6 Å². The Morgan fingerprint density at radius 2 is 1.28 bits per heavy atom. The van der Waals surface area contributed by atoms with Crippen LogP contribution in [0.1, 0.15) is 56.6 Å². The molecule has 0 fully saturated rings. The van der Waals surface area contributed by atoms with Gasteiger partial charge in [-0.1, -0.05) is 130 Å². The fourth-order valence-electron chi connectivity index (χ4n) is 5.29. The Morgan fingerprint density at radius 1 is 0.674 bits per heavy atom. The van der Waals surface area contributed by atoms with Gasteiger partial charge >= 0.3 is 0 Å². The van der Waals surface area contributed by atoms with Gasteiger partial charge in [-0.3, -0.25) is 0 Å². The van der Waals surface area contributed by atoms with Crippen LogP contribution < -0.4 is 0 Å². The van der Waals surface area contributed by atoms with Gasteiger partial charge in [-0.25, -0.2) is 0 Å². The van der Waals surface area contributed by atoms with Gasteiger partial charge in [0.25, 0.3) is 0 Å². The van der Waals surface area contributed by atoms with E-state index in [2.05, 4.69) is 128 Å². The van der Waals surface area contributed by atoms with Gasteiger partial charge in [0.2, 0.25) is 0 Å². The molecule has 1 nitrogen and oxygen atoms in total. The largest absolute Gasteiger partial charge is 0.305 e. The van der Waals surface area contributed by atoms with Gasteiger partial charge in [-0.15, -0.1) is 35.9 Å². The van der Waals surface area contributed by atoms with E-state index in [1.54, 1.807) is 0 Å². The maximum atomic E-state index is 4.56. The van der Waals surface area contributed by atoms with E-state index in [0.717, 1.165) is 11.3 Å². The molecular formula is C40H44ClIrN. The number of aryl methyl sites for hydroxylation is 2. The number of halogens is 1. The summed E-state index contributed by atoms with van der Waals surface area (Å²) in [4.78, 5) is 4.56. The zero-order chi connectivity index (χ0) is 28.9. The molecule has 1 aromatic heterocycles. The molecule has 0 aliphatic carbocycles. The summed E-state index contributed by atoms with van der Waals surface area (Å²) in [7, 11) is 0. The predicted molar refractivity (Wildman–Crippen MR) is 180 cm³/mol. The number of benzene rings is 4. The van der Waals surface area contributed by atoms with E-state index in [9.17, 15) is 0 Å². The third-order valence-corrected chi connectivity index (χ3v) is 7.61. The monoisotopic (exact) mass is 766 g/mol. The molecular weight excluding hydrogens is 722 g/mol. The number of unbranched alkanes of at least 4 members (excludes halogenated alkanes) is 5. The first-order valence-electron chi connectivity index (χ1n) is 14.7. The Kier molecular flexibility index (Phi) is 16.1. The number of aromatic nitrogens is 1. The summed E-state index contributed by atoms with van der Waals surface area (Å²) in [6, 6.07) is 40.4. The van der Waals surface area contributed by atoms with Gasteiger partial charge in [0, 0.05) is 33.7 Å². The van der Waals surface area contributed by atoms with E-state index in [1.165, 1.54) is 89.5 Å². The first kappa shape index (κ1) is 36.0. The Balaban J connectivity index is 0.00000158. The Hall–Kier alpha value is -3.16. The molecule has 0 amide bonds. The van der Waals surface area contributed by atoms with Gasteiger partial charge in [0.05, 0.1) is 0 Å². The van der Waals surface area contributed by atoms with Crippen LogP contribution >= 0.6 is 0 Å². The van der Waals surface area contributed by atoms with Crippen molar-refractivity contribution in [3.05, 3.63) is 140 Å². The molecule has 225 valence electrons. The molecule has 0 saturated heterocycles. The summed E-state index contributed by atoms with van der Waals surface area (Å²) in [5, 5.41) is 0. The maximum Gasteiger partial charge on any atom is 0.0467 e. The summed E-state index contributed by atoms with van der Waals surface area (Å²) in [5.74, 6) is 0. The van der Waals surface area contributed by atoms with Crippen molar-refractivity contribution in [2.45, 2.75) is 58.8 Å². The van der Waals surface area contributed by atoms with Crippen LogP contribution in [-0.2, 0) is 26.5 Å². The molecule has 1 heterocycles. The molecule has 5 rings (SSSR count). The van der Waals surface area contributed by atoms with Crippen LogP contribution in [0.4, 0.5) is 0 Å². The number of nitrogens with zero attached hydrogens (tertiary/aromatic N) is 1. The third kappa shape index (κ3) is 10.2. The fraction of sp³-hybridized carbons (Fsp3) is 0.225. The van der Waals surface area contributed by atoms with Crippen LogP contribution in [0.25, 0.3) is 44.6 Å². The molecule has 4 aromatic carbocycles. The van der Waals surface area contributed by atoms with Crippen LogP contribution in [0.2, 0.25) is 0 Å². The van der Waals surface area contributed by atoms with Crippen LogP contribution in [0.3, 0.4) is 0 Å². The summed E-state index contributed by atoms with van der Waals surface area (Å²) in [6.45, 7) is 4.46. The molecule has 0 spiro atoms. The number of rotatable bonds is 11. The van der Waals surface area contributed by atoms with Gasteiger partial charge in [0.15, 0.2) is 0 Å². The van der Waals surface area contributed by atoms with Crippen LogP contribution in [0.5, 0.6) is 0 Å². The van der Waals surface area contributed by atoms with E-state index < -0.39 is 0 Å². The Morgan fingerprint density at radius 3 is 1.91 bits per heavy atom. The average molecular weight is 766 g/mol. The molecule has 0 aliphatic rings. The minimum atomic E-state index is 0. The quantitative estimate of drug-likeness (QED) is 0.0964. The van der Waals surface area contributed by atoms with E-state index in [1.807, 2.05) is 24.4 Å². The van der Waals surface area contributed by atoms with Gasteiger partial charge in [0.1, 0.15) is 0 Å². The van der Waals surface area contributed by atoms with E-state index >= 15 is 0 Å².